The molecule has 0 aliphatic carbocycles. The molecule has 0 fully saturated rings. The molecular formula is C12H14O. The van der Waals surface area contributed by atoms with Crippen LogP contribution in [0.25, 0.3) is 0 Å². The molecule has 1 aromatic carbocycles. The van der Waals surface area contributed by atoms with Crippen LogP contribution < -0.4 is 0 Å². The first-order chi connectivity index (χ1) is 6.15. The summed E-state index contributed by atoms with van der Waals surface area (Å²) in [6, 6.07) is 7.75. The van der Waals surface area contributed by atoms with Gasteiger partial charge in [0.1, 0.15) is 6.10 Å². The van der Waals surface area contributed by atoms with Crippen molar-refractivity contribution in [2.24, 2.45) is 0 Å². The van der Waals surface area contributed by atoms with E-state index in [2.05, 4.69) is 19.8 Å². The fraction of sp³-hybridized carbons (Fsp3) is 0.333. The highest BCUT2D eigenvalue weighted by Crippen LogP contribution is 2.17. The molecule has 0 bridgehead atoms. The van der Waals surface area contributed by atoms with Crippen molar-refractivity contribution in [3.05, 3.63) is 35.4 Å². The minimum Gasteiger partial charge on any atom is -0.376 e. The summed E-state index contributed by atoms with van der Waals surface area (Å²) in [4.78, 5) is 0. The van der Waals surface area contributed by atoms with Gasteiger partial charge in [-0.2, -0.15) is 0 Å². The third-order valence-corrected chi connectivity index (χ3v) is 2.08. The molecule has 0 aromatic heterocycles. The van der Waals surface area contributed by atoms with Gasteiger partial charge in [-0.25, -0.2) is 0 Å². The van der Waals surface area contributed by atoms with E-state index in [9.17, 15) is 5.11 Å². The predicted molar refractivity (Wildman–Crippen MR) is 54.3 cm³/mol. The van der Waals surface area contributed by atoms with Crippen LogP contribution in [0.5, 0.6) is 0 Å². The first-order valence-electron chi connectivity index (χ1n) is 4.39. The predicted octanol–water partition coefficient (Wildman–Crippen LogP) is 2.48. The molecule has 0 unspecified atom stereocenters. The van der Waals surface area contributed by atoms with Crippen molar-refractivity contribution in [3.63, 3.8) is 0 Å². The molecule has 68 valence electrons. The normalized spacial score (nSPS) is 12.5. The summed E-state index contributed by atoms with van der Waals surface area (Å²) in [6.07, 6.45) is 4.33. The average Bonchev–Trinajstić information content (AvgIpc) is 2.17. The molecule has 0 spiro atoms. The minimum absolute atomic E-state index is 0.511. The second-order valence-corrected chi connectivity index (χ2v) is 3.39. The van der Waals surface area contributed by atoms with E-state index in [0.717, 1.165) is 5.56 Å². The van der Waals surface area contributed by atoms with Gasteiger partial charge in [0.2, 0.25) is 0 Å². The Balaban J connectivity index is 2.89. The fourth-order valence-electron chi connectivity index (χ4n) is 1.16. The van der Waals surface area contributed by atoms with Gasteiger partial charge in [0.05, 0.1) is 0 Å². The van der Waals surface area contributed by atoms with E-state index >= 15 is 0 Å². The van der Waals surface area contributed by atoms with Crippen molar-refractivity contribution in [2.75, 3.05) is 0 Å². The number of hydrogen-bond acceptors (Lipinski definition) is 1. The molecule has 1 heteroatoms. The van der Waals surface area contributed by atoms with Crippen molar-refractivity contribution in [3.8, 4) is 12.3 Å². The number of aliphatic hydroxyl groups is 1. The Kier molecular flexibility index (Phi) is 3.11. The lowest BCUT2D eigenvalue weighted by molar-refractivity contribution is 0.238. The highest BCUT2D eigenvalue weighted by molar-refractivity contribution is 5.29. The zero-order valence-corrected chi connectivity index (χ0v) is 7.99. The molecule has 0 radical (unpaired) electrons. The lowest BCUT2D eigenvalue weighted by atomic mass is 10.0. The number of aliphatic hydroxyl groups excluding tert-OH is 1. The van der Waals surface area contributed by atoms with Crippen LogP contribution in [-0.4, -0.2) is 5.11 Å². The molecule has 13 heavy (non-hydrogen) atoms. The van der Waals surface area contributed by atoms with Crippen molar-refractivity contribution >= 4 is 0 Å². The van der Waals surface area contributed by atoms with Gasteiger partial charge in [-0.3, -0.25) is 0 Å². The Bertz CT molecular complexity index is 303. The Morgan fingerprint density at radius 1 is 1.15 bits per heavy atom. The van der Waals surface area contributed by atoms with Gasteiger partial charge in [0.15, 0.2) is 0 Å². The number of hydrogen-bond donors (Lipinski definition) is 1. The van der Waals surface area contributed by atoms with E-state index in [1.165, 1.54) is 5.56 Å². The van der Waals surface area contributed by atoms with Crippen LogP contribution in [0.2, 0.25) is 0 Å². The third-order valence-electron chi connectivity index (χ3n) is 2.08. The quantitative estimate of drug-likeness (QED) is 0.683. The molecule has 0 heterocycles. The second-order valence-electron chi connectivity index (χ2n) is 3.39. The standard InChI is InChI=1S/C12H14O/c1-4-12(13)11-7-5-10(6-8-11)9(2)3/h1,5-9,12-13H,2-3H3/t12-/m0/s1. The monoisotopic (exact) mass is 174 g/mol. The molecule has 1 nitrogen and oxygen atoms in total. The summed E-state index contributed by atoms with van der Waals surface area (Å²) in [7, 11) is 0. The van der Waals surface area contributed by atoms with Crippen LogP contribution in [-0.2, 0) is 0 Å². The Labute approximate surface area is 79.4 Å². The van der Waals surface area contributed by atoms with Crippen LogP contribution in [0.3, 0.4) is 0 Å². The molecule has 0 aliphatic rings. The molecule has 1 rings (SSSR count). The summed E-state index contributed by atoms with van der Waals surface area (Å²) in [6.45, 7) is 4.26. The summed E-state index contributed by atoms with van der Waals surface area (Å²) in [5.41, 5.74) is 2.04. The van der Waals surface area contributed by atoms with Crippen LogP contribution in [0, 0.1) is 12.3 Å². The van der Waals surface area contributed by atoms with E-state index in [1.54, 1.807) is 0 Å². The number of rotatable bonds is 2. The maximum atomic E-state index is 9.32. The number of benzene rings is 1. The van der Waals surface area contributed by atoms with Gasteiger partial charge in [0, 0.05) is 0 Å². The first kappa shape index (κ1) is 9.83. The van der Waals surface area contributed by atoms with E-state index in [1.807, 2.05) is 24.3 Å². The van der Waals surface area contributed by atoms with Crippen LogP contribution in [0.1, 0.15) is 37.0 Å². The summed E-state index contributed by atoms with van der Waals surface area (Å²) < 4.78 is 0. The van der Waals surface area contributed by atoms with E-state index < -0.39 is 6.10 Å². The second kappa shape index (κ2) is 4.11. The highest BCUT2D eigenvalue weighted by atomic mass is 16.3. The molecular weight excluding hydrogens is 160 g/mol. The highest BCUT2D eigenvalue weighted by Gasteiger charge is 2.03. The van der Waals surface area contributed by atoms with Gasteiger partial charge >= 0.3 is 0 Å². The van der Waals surface area contributed by atoms with Crippen molar-refractivity contribution in [1.29, 1.82) is 0 Å². The molecule has 0 aliphatic heterocycles. The van der Waals surface area contributed by atoms with Crippen molar-refractivity contribution in [1.82, 2.24) is 0 Å². The molecule has 0 saturated heterocycles. The molecule has 1 N–H and O–H groups in total. The van der Waals surface area contributed by atoms with Crippen LogP contribution in [0.15, 0.2) is 24.3 Å². The molecule has 0 saturated carbocycles. The zero-order chi connectivity index (χ0) is 9.84. The van der Waals surface area contributed by atoms with Crippen molar-refractivity contribution < 1.29 is 5.11 Å². The Morgan fingerprint density at radius 3 is 2.00 bits per heavy atom. The van der Waals surface area contributed by atoms with Gasteiger partial charge in [-0.15, -0.1) is 6.42 Å². The minimum atomic E-state index is -0.777. The third kappa shape index (κ3) is 2.34. The van der Waals surface area contributed by atoms with Gasteiger partial charge in [-0.1, -0.05) is 44.0 Å². The van der Waals surface area contributed by atoms with E-state index in [4.69, 9.17) is 6.42 Å². The summed E-state index contributed by atoms with van der Waals surface area (Å²) in [5, 5.41) is 9.32. The van der Waals surface area contributed by atoms with Gasteiger partial charge in [-0.05, 0) is 17.0 Å². The largest absolute Gasteiger partial charge is 0.376 e. The first-order valence-corrected chi connectivity index (χ1v) is 4.39. The Hall–Kier alpha value is -1.26. The maximum Gasteiger partial charge on any atom is 0.139 e. The number of terminal acetylenes is 1. The fourth-order valence-corrected chi connectivity index (χ4v) is 1.16. The van der Waals surface area contributed by atoms with Crippen LogP contribution in [0.4, 0.5) is 0 Å². The Morgan fingerprint density at radius 2 is 1.62 bits per heavy atom. The SMILES string of the molecule is C#C[C@H](O)c1ccc(C(C)C)cc1. The molecule has 1 aromatic rings. The molecule has 0 amide bonds. The van der Waals surface area contributed by atoms with E-state index in [0.29, 0.717) is 5.92 Å². The lowest BCUT2D eigenvalue weighted by Gasteiger charge is -2.07. The zero-order valence-electron chi connectivity index (χ0n) is 7.99. The van der Waals surface area contributed by atoms with Gasteiger partial charge in [0.25, 0.3) is 0 Å². The van der Waals surface area contributed by atoms with Crippen LogP contribution >= 0.6 is 0 Å². The average molecular weight is 174 g/mol. The van der Waals surface area contributed by atoms with Crippen molar-refractivity contribution in [2.45, 2.75) is 25.9 Å². The van der Waals surface area contributed by atoms with Gasteiger partial charge < -0.3 is 5.11 Å². The summed E-state index contributed by atoms with van der Waals surface area (Å²) in [5.74, 6) is 2.80. The smallest absolute Gasteiger partial charge is 0.139 e. The molecule has 1 atom stereocenters. The lowest BCUT2D eigenvalue weighted by Crippen LogP contribution is -1.94. The topological polar surface area (TPSA) is 20.2 Å². The van der Waals surface area contributed by atoms with E-state index in [-0.39, 0.29) is 0 Å². The summed E-state index contributed by atoms with van der Waals surface area (Å²) >= 11 is 0. The maximum absolute atomic E-state index is 9.32.